The van der Waals surface area contributed by atoms with Crippen molar-refractivity contribution in [2.24, 2.45) is 0 Å². The molecular weight excluding hydrogens is 488 g/mol. The van der Waals surface area contributed by atoms with Gasteiger partial charge in [-0.25, -0.2) is 4.85 Å². The van der Waals surface area contributed by atoms with Crippen LogP contribution < -0.4 is 0 Å². The van der Waals surface area contributed by atoms with Crippen molar-refractivity contribution in [1.29, 1.82) is 5.26 Å². The molecule has 2 aromatic heterocycles. The van der Waals surface area contributed by atoms with Crippen molar-refractivity contribution >= 4 is 49.3 Å². The number of fused-ring (bicyclic) bond motifs is 6. The molecule has 0 aliphatic rings. The summed E-state index contributed by atoms with van der Waals surface area (Å²) in [6, 6.07) is 32.0. The Morgan fingerprint density at radius 1 is 0.550 bits per heavy atom. The molecule has 0 aliphatic carbocycles. The molecule has 0 atom stereocenters. The number of benzene rings is 5. The summed E-state index contributed by atoms with van der Waals surface area (Å²) in [7, 11) is 0. The molecule has 190 valence electrons. The number of nitriles is 1. The maximum absolute atomic E-state index is 10.8. The molecule has 4 heteroatoms. The molecule has 2 heterocycles. The number of aryl methyl sites for hydroxylation is 4. The molecule has 7 rings (SSSR count). The Hall–Kier alpha value is -5.32. The van der Waals surface area contributed by atoms with E-state index in [9.17, 15) is 5.26 Å². The van der Waals surface area contributed by atoms with E-state index in [0.717, 1.165) is 43.6 Å². The van der Waals surface area contributed by atoms with Gasteiger partial charge in [0, 0.05) is 21.5 Å². The minimum absolute atomic E-state index is 0.493. The third kappa shape index (κ3) is 3.37. The van der Waals surface area contributed by atoms with Gasteiger partial charge in [-0.15, -0.1) is 0 Å². The Labute approximate surface area is 232 Å². The smallest absolute Gasteiger partial charge is 0.191 e. The zero-order chi connectivity index (χ0) is 27.7. The molecule has 0 saturated carbocycles. The van der Waals surface area contributed by atoms with Crippen LogP contribution in [0.3, 0.4) is 0 Å². The lowest BCUT2D eigenvalue weighted by molar-refractivity contribution is 1.12. The summed E-state index contributed by atoms with van der Waals surface area (Å²) in [4.78, 5) is 3.88. The summed E-state index contributed by atoms with van der Waals surface area (Å²) in [6.45, 7) is 16.4. The molecule has 0 radical (unpaired) electrons. The SMILES string of the molecule is [C-]#[N+]c1cc(-n2c3ccc(C)cc3c3cc(C)ccc32)c(C#N)c(-n2c3ccc(C)cc3c3cc(C)ccc32)c1. The van der Waals surface area contributed by atoms with Crippen LogP contribution in [0.2, 0.25) is 0 Å². The monoisotopic (exact) mass is 514 g/mol. The van der Waals surface area contributed by atoms with Crippen LogP contribution in [0.15, 0.2) is 84.9 Å². The van der Waals surface area contributed by atoms with Crippen LogP contribution in [0.5, 0.6) is 0 Å². The number of aromatic nitrogens is 2. The van der Waals surface area contributed by atoms with E-state index >= 15 is 0 Å². The van der Waals surface area contributed by atoms with Crippen LogP contribution in [0.4, 0.5) is 5.69 Å². The lowest BCUT2D eigenvalue weighted by atomic mass is 10.1. The van der Waals surface area contributed by atoms with Crippen LogP contribution in [-0.4, -0.2) is 9.13 Å². The fourth-order valence-corrected chi connectivity index (χ4v) is 6.15. The predicted molar refractivity (Wildman–Crippen MR) is 165 cm³/mol. The predicted octanol–water partition coefficient (Wildman–Crippen LogP) is 9.54. The third-order valence-electron chi connectivity index (χ3n) is 7.96. The molecule has 0 fully saturated rings. The quantitative estimate of drug-likeness (QED) is 0.212. The first-order valence-corrected chi connectivity index (χ1v) is 13.4. The van der Waals surface area contributed by atoms with E-state index in [-0.39, 0.29) is 0 Å². The highest BCUT2D eigenvalue weighted by atomic mass is 15.0. The fourth-order valence-electron chi connectivity index (χ4n) is 6.15. The Kier molecular flexibility index (Phi) is 5.11. The van der Waals surface area contributed by atoms with E-state index in [1.807, 2.05) is 12.1 Å². The summed E-state index contributed by atoms with van der Waals surface area (Å²) in [5.74, 6) is 0. The largest absolute Gasteiger partial charge is 0.309 e. The summed E-state index contributed by atoms with van der Waals surface area (Å²) in [6.07, 6.45) is 0. The molecule has 0 bridgehead atoms. The highest BCUT2D eigenvalue weighted by Gasteiger charge is 2.22. The normalized spacial score (nSPS) is 11.4. The average Bonchev–Trinajstić information content (AvgIpc) is 3.43. The molecule has 0 amide bonds. The lowest BCUT2D eigenvalue weighted by Gasteiger charge is -2.17. The molecule has 0 spiro atoms. The summed E-state index contributed by atoms with van der Waals surface area (Å²) in [5, 5.41) is 15.3. The first kappa shape index (κ1) is 23.8. The summed E-state index contributed by atoms with van der Waals surface area (Å²) in [5.41, 5.74) is 11.3. The minimum atomic E-state index is 0.493. The van der Waals surface area contributed by atoms with Gasteiger partial charge in [0.1, 0.15) is 6.07 Å². The van der Waals surface area contributed by atoms with Crippen LogP contribution in [-0.2, 0) is 0 Å². The van der Waals surface area contributed by atoms with E-state index in [4.69, 9.17) is 6.57 Å². The molecule has 0 N–H and O–H groups in total. The molecule has 0 saturated heterocycles. The van der Waals surface area contributed by atoms with E-state index in [2.05, 4.69) is 121 Å². The molecule has 0 unspecified atom stereocenters. The van der Waals surface area contributed by atoms with Gasteiger partial charge in [-0.3, -0.25) is 0 Å². The zero-order valence-corrected chi connectivity index (χ0v) is 22.9. The van der Waals surface area contributed by atoms with Gasteiger partial charge in [0.15, 0.2) is 5.69 Å². The number of rotatable bonds is 2. The van der Waals surface area contributed by atoms with Crippen molar-refractivity contribution < 1.29 is 0 Å². The minimum Gasteiger partial charge on any atom is -0.309 e. The van der Waals surface area contributed by atoms with Crippen LogP contribution in [0, 0.1) is 45.6 Å². The van der Waals surface area contributed by atoms with Gasteiger partial charge in [-0.05, 0) is 88.4 Å². The second-order valence-electron chi connectivity index (χ2n) is 10.8. The molecule has 7 aromatic rings. The van der Waals surface area contributed by atoms with Crippen LogP contribution in [0.25, 0.3) is 59.8 Å². The van der Waals surface area contributed by atoms with Crippen LogP contribution in [0.1, 0.15) is 27.8 Å². The molecule has 4 nitrogen and oxygen atoms in total. The zero-order valence-electron chi connectivity index (χ0n) is 22.9. The van der Waals surface area contributed by atoms with Gasteiger partial charge in [0.25, 0.3) is 0 Å². The van der Waals surface area contributed by atoms with Crippen LogP contribution >= 0.6 is 0 Å². The topological polar surface area (TPSA) is 38.0 Å². The first-order valence-electron chi connectivity index (χ1n) is 13.4. The van der Waals surface area contributed by atoms with Crippen molar-refractivity contribution in [2.75, 3.05) is 0 Å². The van der Waals surface area contributed by atoms with E-state index in [1.165, 1.54) is 22.3 Å². The van der Waals surface area contributed by atoms with Gasteiger partial charge in [0.05, 0.1) is 45.6 Å². The van der Waals surface area contributed by atoms with Crippen molar-refractivity contribution in [1.82, 2.24) is 9.13 Å². The van der Waals surface area contributed by atoms with Crippen molar-refractivity contribution in [2.45, 2.75) is 27.7 Å². The van der Waals surface area contributed by atoms with Crippen molar-refractivity contribution in [3.8, 4) is 17.4 Å². The van der Waals surface area contributed by atoms with E-state index in [1.54, 1.807) is 0 Å². The van der Waals surface area contributed by atoms with E-state index in [0.29, 0.717) is 22.6 Å². The Morgan fingerprint density at radius 2 is 0.875 bits per heavy atom. The number of nitrogens with zero attached hydrogens (tertiary/aromatic N) is 4. The Bertz CT molecular complexity index is 2010. The number of hydrogen-bond donors (Lipinski definition) is 0. The van der Waals surface area contributed by atoms with Crippen molar-refractivity contribution in [3.05, 3.63) is 124 Å². The second-order valence-corrected chi connectivity index (χ2v) is 10.8. The van der Waals surface area contributed by atoms with Gasteiger partial charge in [-0.1, -0.05) is 46.5 Å². The second kappa shape index (κ2) is 8.60. The Balaban J connectivity index is 1.66. The number of hydrogen-bond acceptors (Lipinski definition) is 1. The molecule has 5 aromatic carbocycles. The van der Waals surface area contributed by atoms with Gasteiger partial charge >= 0.3 is 0 Å². The standard InChI is InChI=1S/C36H26N4/c1-21-6-10-31-26(14-21)27-15-22(2)7-11-32(27)39(31)35-18-25(38-5)19-36(30(35)20-37)40-33-12-8-23(3)16-28(33)29-17-24(4)9-13-34(29)40/h6-19H,1-4H3. The average molecular weight is 515 g/mol. The van der Waals surface area contributed by atoms with Gasteiger partial charge in [-0.2, -0.15) is 5.26 Å². The molecule has 40 heavy (non-hydrogen) atoms. The fraction of sp³-hybridized carbons (Fsp3) is 0.111. The highest BCUT2D eigenvalue weighted by Crippen LogP contribution is 2.40. The van der Waals surface area contributed by atoms with Crippen molar-refractivity contribution in [3.63, 3.8) is 0 Å². The Morgan fingerprint density at radius 3 is 1.15 bits per heavy atom. The molecule has 0 aliphatic heterocycles. The first-order chi connectivity index (χ1) is 19.4. The third-order valence-corrected chi connectivity index (χ3v) is 7.96. The van der Waals surface area contributed by atoms with E-state index < -0.39 is 0 Å². The van der Waals surface area contributed by atoms with Gasteiger partial charge < -0.3 is 9.13 Å². The maximum Gasteiger partial charge on any atom is 0.191 e. The highest BCUT2D eigenvalue weighted by molar-refractivity contribution is 6.11. The molecular formula is C36H26N4. The summed E-state index contributed by atoms with van der Waals surface area (Å²) < 4.78 is 4.31. The lowest BCUT2D eigenvalue weighted by Crippen LogP contribution is -2.04. The maximum atomic E-state index is 10.8. The van der Waals surface area contributed by atoms with Gasteiger partial charge in [0.2, 0.25) is 0 Å². The summed E-state index contributed by atoms with van der Waals surface area (Å²) >= 11 is 0.